The second-order valence-corrected chi connectivity index (χ2v) is 4.49. The van der Waals surface area contributed by atoms with E-state index in [1.54, 1.807) is 0 Å². The van der Waals surface area contributed by atoms with Crippen molar-refractivity contribution in [3.05, 3.63) is 0 Å². The van der Waals surface area contributed by atoms with Gasteiger partial charge in [0.05, 0.1) is 0 Å². The highest BCUT2D eigenvalue weighted by Crippen LogP contribution is 2.62. The Kier molecular flexibility index (Phi) is 5.80. The van der Waals surface area contributed by atoms with Crippen LogP contribution in [0.15, 0.2) is 0 Å². The van der Waals surface area contributed by atoms with Crippen molar-refractivity contribution in [2.75, 3.05) is 0 Å². The van der Waals surface area contributed by atoms with Gasteiger partial charge in [0.15, 0.2) is 0 Å². The summed E-state index contributed by atoms with van der Waals surface area (Å²) in [5.74, 6) is -42.2. The highest BCUT2D eigenvalue weighted by molar-refractivity contribution is 5.12. The first-order valence-electron chi connectivity index (χ1n) is 5.35. The first kappa shape index (κ1) is 25.7. The summed E-state index contributed by atoms with van der Waals surface area (Å²) in [7, 11) is 0. The first-order chi connectivity index (χ1) is 11.2. The summed E-state index contributed by atoms with van der Waals surface area (Å²) in [6, 6.07) is -7.68. The van der Waals surface area contributed by atoms with Crippen molar-refractivity contribution in [2.24, 2.45) is 0 Å². The van der Waals surface area contributed by atoms with Gasteiger partial charge < -0.3 is 0 Å². The SMILES string of the molecule is FC(F)(F)[N]C(F)(F)C(F)(F)C(F)(F)C(F)(F)C(F)(F)C(F)(F)C(F)(F)F. The monoisotopic (exact) mass is 452 g/mol. The molecule has 0 N–H and O–H groups in total. The summed E-state index contributed by atoms with van der Waals surface area (Å²) in [6.07, 6.45) is -14.7. The molecule has 0 amide bonds. The van der Waals surface area contributed by atoms with Crippen LogP contribution in [0, 0.1) is 0 Å². The van der Waals surface area contributed by atoms with E-state index in [0.29, 0.717) is 0 Å². The molecule has 0 saturated carbocycles. The Morgan fingerprint density at radius 2 is 0.593 bits per heavy atom. The Balaban J connectivity index is 6.47. The lowest BCUT2D eigenvalue weighted by Gasteiger charge is -2.41. The molecule has 0 rings (SSSR count). The molecule has 27 heavy (non-hydrogen) atoms. The van der Waals surface area contributed by atoms with E-state index < -0.39 is 48.1 Å². The predicted molar refractivity (Wildman–Crippen MR) is 43.9 cm³/mol. The molecule has 0 fully saturated rings. The van der Waals surface area contributed by atoms with Gasteiger partial charge in [-0.3, -0.25) is 0 Å². The van der Waals surface area contributed by atoms with Gasteiger partial charge in [0.1, 0.15) is 0 Å². The van der Waals surface area contributed by atoms with E-state index in [2.05, 4.69) is 0 Å². The lowest BCUT2D eigenvalue weighted by molar-refractivity contribution is -0.457. The molecule has 0 aliphatic rings. The number of alkyl halides is 18. The Morgan fingerprint density at radius 1 is 0.333 bits per heavy atom. The summed E-state index contributed by atoms with van der Waals surface area (Å²) in [5, 5.41) is -0.266. The Bertz CT molecular complexity index is 537. The summed E-state index contributed by atoms with van der Waals surface area (Å²) in [4.78, 5) is 0. The Labute approximate surface area is 134 Å². The van der Waals surface area contributed by atoms with Gasteiger partial charge in [-0.1, -0.05) is 5.32 Å². The minimum Gasteiger partial charge on any atom is -0.192 e. The van der Waals surface area contributed by atoms with Crippen molar-refractivity contribution in [3.8, 4) is 0 Å². The molecule has 0 aliphatic heterocycles. The van der Waals surface area contributed by atoms with Gasteiger partial charge in [-0.15, -0.1) is 0 Å². The van der Waals surface area contributed by atoms with Crippen LogP contribution in [0.25, 0.3) is 0 Å². The third-order valence-corrected chi connectivity index (χ3v) is 2.58. The molecule has 0 atom stereocenters. The Morgan fingerprint density at radius 3 is 0.852 bits per heavy atom. The number of nitrogens with zero attached hydrogens (tertiary/aromatic N) is 1. The quantitative estimate of drug-likeness (QED) is 0.377. The van der Waals surface area contributed by atoms with Crippen molar-refractivity contribution in [3.63, 3.8) is 0 Å². The lowest BCUT2D eigenvalue weighted by atomic mass is 9.93. The second kappa shape index (κ2) is 6.10. The van der Waals surface area contributed by atoms with Gasteiger partial charge in [0, 0.05) is 0 Å². The molecule has 0 aromatic heterocycles. The average Bonchev–Trinajstić information content (AvgIpc) is 2.33. The Hall–Kier alpha value is -1.30. The van der Waals surface area contributed by atoms with Gasteiger partial charge in [-0.2, -0.15) is 79.0 Å². The normalized spacial score (nSPS) is 16.7. The van der Waals surface area contributed by atoms with E-state index in [1.807, 2.05) is 0 Å². The van der Waals surface area contributed by atoms with E-state index >= 15 is 0 Å². The molecule has 19 heteroatoms. The van der Waals surface area contributed by atoms with Gasteiger partial charge in [-0.25, -0.2) is 0 Å². The maximum absolute atomic E-state index is 12.9. The second-order valence-electron chi connectivity index (χ2n) is 4.49. The first-order valence-corrected chi connectivity index (χ1v) is 5.35. The van der Waals surface area contributed by atoms with Gasteiger partial charge in [-0.05, 0) is 0 Å². The molecule has 0 saturated heterocycles. The van der Waals surface area contributed by atoms with E-state index in [9.17, 15) is 79.0 Å². The molecule has 1 nitrogen and oxygen atoms in total. The molecule has 0 aromatic rings. The zero-order valence-electron chi connectivity index (χ0n) is 11.3. The van der Waals surface area contributed by atoms with Crippen LogP contribution in [0.5, 0.6) is 0 Å². The molecular weight excluding hydrogens is 452 g/mol. The van der Waals surface area contributed by atoms with E-state index in [4.69, 9.17) is 0 Å². The highest BCUT2D eigenvalue weighted by atomic mass is 19.4. The molecule has 1 radical (unpaired) electrons. The summed E-state index contributed by atoms with van der Waals surface area (Å²) < 4.78 is 222. The van der Waals surface area contributed by atoms with Crippen LogP contribution in [0.4, 0.5) is 79.0 Å². The maximum atomic E-state index is 12.9. The van der Waals surface area contributed by atoms with Crippen LogP contribution < -0.4 is 5.32 Å². The third kappa shape index (κ3) is 3.69. The average molecular weight is 452 g/mol. The molecule has 0 bridgehead atoms. The van der Waals surface area contributed by atoms with Crippen molar-refractivity contribution in [1.82, 2.24) is 5.32 Å². The van der Waals surface area contributed by atoms with Gasteiger partial charge >= 0.3 is 48.1 Å². The topological polar surface area (TPSA) is 14.1 Å². The van der Waals surface area contributed by atoms with Gasteiger partial charge in [0.2, 0.25) is 0 Å². The van der Waals surface area contributed by atoms with Crippen LogP contribution in [-0.2, 0) is 0 Å². The fourth-order valence-electron chi connectivity index (χ4n) is 1.19. The highest BCUT2D eigenvalue weighted by Gasteiger charge is 2.93. The maximum Gasteiger partial charge on any atom is 0.479 e. The summed E-state index contributed by atoms with van der Waals surface area (Å²) in [5.41, 5.74) is 0. The number of rotatable bonds is 6. The molecule has 0 heterocycles. The van der Waals surface area contributed by atoms with E-state index in [-0.39, 0.29) is 5.32 Å². The fraction of sp³-hybridized carbons (Fsp3) is 1.00. The summed E-state index contributed by atoms with van der Waals surface area (Å²) in [6.45, 7) is 0. The van der Waals surface area contributed by atoms with Crippen LogP contribution in [0.2, 0.25) is 0 Å². The standard InChI is InChI=1S/C8F18N/c9-1(10,2(11,12)4(15,16)6(19,20)21)3(13,14)5(17,18)7(22,23)27-8(24,25)26. The van der Waals surface area contributed by atoms with Gasteiger partial charge in [0.25, 0.3) is 0 Å². The van der Waals surface area contributed by atoms with Crippen molar-refractivity contribution >= 4 is 0 Å². The minimum absolute atomic E-state index is 0.266. The number of halogens is 18. The number of hydrogen-bond acceptors (Lipinski definition) is 0. The van der Waals surface area contributed by atoms with E-state index in [1.165, 1.54) is 0 Å². The predicted octanol–water partition coefficient (Wildman–Crippen LogP) is 5.44. The summed E-state index contributed by atoms with van der Waals surface area (Å²) >= 11 is 0. The molecule has 0 aliphatic carbocycles. The van der Waals surface area contributed by atoms with E-state index in [0.717, 1.165) is 0 Å². The number of hydrogen-bond donors (Lipinski definition) is 0. The van der Waals surface area contributed by atoms with Crippen LogP contribution in [0.3, 0.4) is 0 Å². The van der Waals surface area contributed by atoms with Crippen LogP contribution in [0.1, 0.15) is 0 Å². The van der Waals surface area contributed by atoms with Crippen molar-refractivity contribution < 1.29 is 79.0 Å². The zero-order valence-corrected chi connectivity index (χ0v) is 11.3. The van der Waals surface area contributed by atoms with Crippen molar-refractivity contribution in [1.29, 1.82) is 0 Å². The lowest BCUT2D eigenvalue weighted by Crippen LogP contribution is -2.74. The smallest absolute Gasteiger partial charge is 0.192 e. The van der Waals surface area contributed by atoms with Crippen LogP contribution >= 0.6 is 0 Å². The molecular formula is C8F18N. The van der Waals surface area contributed by atoms with Crippen molar-refractivity contribution in [2.45, 2.75) is 48.1 Å². The molecule has 0 aromatic carbocycles. The fourth-order valence-corrected chi connectivity index (χ4v) is 1.19. The largest absolute Gasteiger partial charge is 0.479 e. The molecule has 163 valence electrons. The molecule has 0 unspecified atom stereocenters. The van der Waals surface area contributed by atoms with Crippen LogP contribution in [-0.4, -0.2) is 48.1 Å². The zero-order chi connectivity index (χ0) is 22.7. The third-order valence-electron chi connectivity index (χ3n) is 2.58. The molecule has 0 spiro atoms. The minimum atomic E-state index is -8.65.